The van der Waals surface area contributed by atoms with Crippen LogP contribution in [0.3, 0.4) is 0 Å². The van der Waals surface area contributed by atoms with Crippen LogP contribution in [0.4, 0.5) is 0 Å². The number of nitrogens with one attached hydrogen (secondary N) is 1. The Morgan fingerprint density at radius 1 is 1.31 bits per heavy atom. The lowest BCUT2D eigenvalue weighted by molar-refractivity contribution is 0.313. The molecule has 0 aliphatic rings. The Morgan fingerprint density at radius 3 is 2.44 bits per heavy atom. The summed E-state index contributed by atoms with van der Waals surface area (Å²) in [6.07, 6.45) is 0.905. The minimum atomic E-state index is -0.0137. The first-order valence-corrected chi connectivity index (χ1v) is 5.74. The molecule has 0 aromatic heterocycles. The summed E-state index contributed by atoms with van der Waals surface area (Å²) in [6.45, 7) is 8.65. The molecule has 1 atom stereocenters. The smallest absolute Gasteiger partial charge is 0.102 e. The van der Waals surface area contributed by atoms with Gasteiger partial charge in [0, 0.05) is 6.54 Å². The first-order chi connectivity index (χ1) is 7.59. The summed E-state index contributed by atoms with van der Waals surface area (Å²) >= 11 is 0. The van der Waals surface area contributed by atoms with E-state index in [1.54, 1.807) is 0 Å². The number of hydrogen-bond acceptors (Lipinski definition) is 2. The monoisotopic (exact) mass is 219 g/mol. The third-order valence-electron chi connectivity index (χ3n) is 2.50. The van der Waals surface area contributed by atoms with Crippen molar-refractivity contribution in [3.63, 3.8) is 0 Å². The maximum absolute atomic E-state index is 9.48. The van der Waals surface area contributed by atoms with Crippen molar-refractivity contribution in [2.24, 2.45) is 5.92 Å². The van der Waals surface area contributed by atoms with Crippen molar-refractivity contribution in [3.05, 3.63) is 48.2 Å². The lowest BCUT2D eigenvalue weighted by Crippen LogP contribution is -2.31. The highest BCUT2D eigenvalue weighted by molar-refractivity contribution is 5.14. The number of benzene rings is 1. The van der Waals surface area contributed by atoms with Gasteiger partial charge in [-0.25, -0.2) is 0 Å². The zero-order valence-electron chi connectivity index (χ0n) is 10.1. The van der Waals surface area contributed by atoms with E-state index in [4.69, 9.17) is 0 Å². The van der Waals surface area contributed by atoms with E-state index < -0.39 is 0 Å². The Balaban J connectivity index is 2.47. The van der Waals surface area contributed by atoms with Crippen molar-refractivity contribution >= 4 is 0 Å². The summed E-state index contributed by atoms with van der Waals surface area (Å²) in [4.78, 5) is 0. The molecule has 2 heteroatoms. The van der Waals surface area contributed by atoms with Crippen LogP contribution in [-0.2, 0) is 6.54 Å². The van der Waals surface area contributed by atoms with Gasteiger partial charge in [0.15, 0.2) is 0 Å². The second-order valence-corrected chi connectivity index (χ2v) is 4.54. The van der Waals surface area contributed by atoms with Gasteiger partial charge in [-0.1, -0.05) is 50.8 Å². The minimum Gasteiger partial charge on any atom is -0.511 e. The molecule has 0 aliphatic heterocycles. The van der Waals surface area contributed by atoms with Crippen LogP contribution in [-0.4, -0.2) is 11.1 Å². The molecule has 0 spiro atoms. The molecule has 0 unspecified atom stereocenters. The van der Waals surface area contributed by atoms with Gasteiger partial charge < -0.3 is 10.4 Å². The molecule has 0 amide bonds. The van der Waals surface area contributed by atoms with Crippen LogP contribution in [0, 0.1) is 5.92 Å². The molecular formula is C14H21NO. The molecule has 88 valence electrons. The van der Waals surface area contributed by atoms with E-state index in [0.717, 1.165) is 13.0 Å². The first-order valence-electron chi connectivity index (χ1n) is 5.74. The van der Waals surface area contributed by atoms with Crippen LogP contribution < -0.4 is 5.32 Å². The standard InChI is InChI=1S/C14H21NO/c1-11(2)9-14(12(3)16)15-10-13-7-5-4-6-8-13/h4-8,11,14-16H,3,9-10H2,1-2H3/t14-/m1/s1. The van der Waals surface area contributed by atoms with Crippen LogP contribution in [0.2, 0.25) is 0 Å². The number of aliphatic hydroxyl groups excluding tert-OH is 1. The van der Waals surface area contributed by atoms with Crippen molar-refractivity contribution in [2.75, 3.05) is 0 Å². The van der Waals surface area contributed by atoms with Crippen molar-refractivity contribution in [1.82, 2.24) is 5.32 Å². The molecule has 1 aromatic rings. The highest BCUT2D eigenvalue weighted by atomic mass is 16.3. The van der Waals surface area contributed by atoms with Crippen LogP contribution in [0.5, 0.6) is 0 Å². The Morgan fingerprint density at radius 2 is 1.94 bits per heavy atom. The molecule has 0 saturated carbocycles. The fourth-order valence-corrected chi connectivity index (χ4v) is 1.65. The van der Waals surface area contributed by atoms with Crippen LogP contribution in [0.25, 0.3) is 0 Å². The lowest BCUT2D eigenvalue weighted by Gasteiger charge is -2.19. The first kappa shape index (κ1) is 12.8. The van der Waals surface area contributed by atoms with Crippen molar-refractivity contribution in [1.29, 1.82) is 0 Å². The zero-order valence-corrected chi connectivity index (χ0v) is 10.1. The van der Waals surface area contributed by atoms with Gasteiger partial charge >= 0.3 is 0 Å². The number of rotatable bonds is 6. The van der Waals surface area contributed by atoms with Crippen molar-refractivity contribution in [2.45, 2.75) is 32.9 Å². The van der Waals surface area contributed by atoms with E-state index >= 15 is 0 Å². The summed E-state index contributed by atoms with van der Waals surface area (Å²) in [5.41, 5.74) is 1.22. The van der Waals surface area contributed by atoms with E-state index in [9.17, 15) is 5.11 Å². The summed E-state index contributed by atoms with van der Waals surface area (Å²) in [5, 5.41) is 12.8. The van der Waals surface area contributed by atoms with Gasteiger partial charge in [-0.05, 0) is 17.9 Å². The van der Waals surface area contributed by atoms with Crippen molar-refractivity contribution < 1.29 is 5.11 Å². The molecule has 0 aliphatic carbocycles. The number of aliphatic hydroxyl groups is 1. The molecule has 0 radical (unpaired) electrons. The molecule has 0 fully saturated rings. The second-order valence-electron chi connectivity index (χ2n) is 4.54. The molecule has 1 rings (SSSR count). The second kappa shape index (κ2) is 6.33. The maximum Gasteiger partial charge on any atom is 0.102 e. The maximum atomic E-state index is 9.48. The Kier molecular flexibility index (Phi) is 5.06. The summed E-state index contributed by atoms with van der Waals surface area (Å²) in [7, 11) is 0. The topological polar surface area (TPSA) is 32.3 Å². The highest BCUT2D eigenvalue weighted by Gasteiger charge is 2.12. The summed E-state index contributed by atoms with van der Waals surface area (Å²) < 4.78 is 0. The van der Waals surface area contributed by atoms with E-state index in [1.807, 2.05) is 18.2 Å². The van der Waals surface area contributed by atoms with E-state index in [1.165, 1.54) is 5.56 Å². The van der Waals surface area contributed by atoms with E-state index in [-0.39, 0.29) is 11.8 Å². The Bertz CT molecular complexity index is 319. The lowest BCUT2D eigenvalue weighted by atomic mass is 10.0. The minimum absolute atomic E-state index is 0.0137. The largest absolute Gasteiger partial charge is 0.511 e. The van der Waals surface area contributed by atoms with E-state index in [0.29, 0.717) is 5.92 Å². The van der Waals surface area contributed by atoms with Gasteiger partial charge in [0.25, 0.3) is 0 Å². The average molecular weight is 219 g/mol. The predicted molar refractivity (Wildman–Crippen MR) is 68.3 cm³/mol. The quantitative estimate of drug-likeness (QED) is 0.720. The molecule has 2 nitrogen and oxygen atoms in total. The summed E-state index contributed by atoms with van der Waals surface area (Å²) in [5.74, 6) is 0.766. The Labute approximate surface area is 98.0 Å². The molecule has 0 saturated heterocycles. The van der Waals surface area contributed by atoms with Crippen LogP contribution >= 0.6 is 0 Å². The highest BCUT2D eigenvalue weighted by Crippen LogP contribution is 2.10. The molecule has 16 heavy (non-hydrogen) atoms. The molecule has 1 aromatic carbocycles. The third-order valence-corrected chi connectivity index (χ3v) is 2.50. The molecule has 0 heterocycles. The van der Waals surface area contributed by atoms with Gasteiger partial charge in [-0.15, -0.1) is 0 Å². The van der Waals surface area contributed by atoms with Gasteiger partial charge in [-0.2, -0.15) is 0 Å². The number of hydrogen-bond donors (Lipinski definition) is 2. The van der Waals surface area contributed by atoms with Gasteiger partial charge in [-0.3, -0.25) is 0 Å². The van der Waals surface area contributed by atoms with Crippen LogP contribution in [0.15, 0.2) is 42.7 Å². The van der Waals surface area contributed by atoms with Crippen molar-refractivity contribution in [3.8, 4) is 0 Å². The fraction of sp³-hybridized carbons (Fsp3) is 0.429. The summed E-state index contributed by atoms with van der Waals surface area (Å²) in [6, 6.07) is 10.2. The van der Waals surface area contributed by atoms with Gasteiger partial charge in [0.2, 0.25) is 0 Å². The zero-order chi connectivity index (χ0) is 12.0. The SMILES string of the molecule is C=C(O)[C@@H](CC(C)C)NCc1ccccc1. The molecular weight excluding hydrogens is 198 g/mol. The predicted octanol–water partition coefficient (Wildman–Crippen LogP) is 3.26. The molecule has 2 N–H and O–H groups in total. The van der Waals surface area contributed by atoms with Crippen LogP contribution in [0.1, 0.15) is 25.8 Å². The third kappa shape index (κ3) is 4.49. The normalized spacial score (nSPS) is 12.7. The molecule has 0 bridgehead atoms. The fourth-order valence-electron chi connectivity index (χ4n) is 1.65. The van der Waals surface area contributed by atoms with Gasteiger partial charge in [0.05, 0.1) is 6.04 Å². The van der Waals surface area contributed by atoms with E-state index in [2.05, 4.69) is 37.9 Å². The van der Waals surface area contributed by atoms with Gasteiger partial charge in [0.1, 0.15) is 5.76 Å². The Hall–Kier alpha value is -1.28. The average Bonchev–Trinajstić information content (AvgIpc) is 2.25.